The summed E-state index contributed by atoms with van der Waals surface area (Å²) in [6, 6.07) is 0. The van der Waals surface area contributed by atoms with Gasteiger partial charge in [-0.05, 0) is 13.5 Å². The highest BCUT2D eigenvalue weighted by atomic mass is 16.5. The largest absolute Gasteiger partial charge is 0.468 e. The van der Waals surface area contributed by atoms with E-state index in [1.165, 1.54) is 7.11 Å². The summed E-state index contributed by atoms with van der Waals surface area (Å²) in [4.78, 5) is 13.6. The van der Waals surface area contributed by atoms with Crippen LogP contribution >= 0.6 is 0 Å². The van der Waals surface area contributed by atoms with Gasteiger partial charge in [0.1, 0.15) is 5.54 Å². The molecule has 1 atom stereocenters. The first-order valence-corrected chi connectivity index (χ1v) is 4.60. The average Bonchev–Trinajstić information content (AvgIpc) is 2.10. The topological polar surface area (TPSA) is 55.6 Å². The molecule has 0 spiro atoms. The molecule has 1 aliphatic rings. The van der Waals surface area contributed by atoms with E-state index >= 15 is 0 Å². The highest BCUT2D eigenvalue weighted by Gasteiger charge is 2.46. The molecule has 0 radical (unpaired) electrons. The van der Waals surface area contributed by atoms with Crippen LogP contribution in [0, 0.1) is 5.92 Å². The van der Waals surface area contributed by atoms with Gasteiger partial charge in [0, 0.05) is 19.0 Å². The van der Waals surface area contributed by atoms with Crippen molar-refractivity contribution in [1.29, 1.82) is 0 Å². The van der Waals surface area contributed by atoms with Gasteiger partial charge in [-0.15, -0.1) is 0 Å². The lowest BCUT2D eigenvalue weighted by molar-refractivity contribution is -0.152. The van der Waals surface area contributed by atoms with Gasteiger partial charge in [0.25, 0.3) is 0 Å². The van der Waals surface area contributed by atoms with E-state index in [-0.39, 0.29) is 11.9 Å². The molecule has 0 bridgehead atoms. The van der Waals surface area contributed by atoms with Crippen LogP contribution in [0.1, 0.15) is 13.3 Å². The van der Waals surface area contributed by atoms with Crippen molar-refractivity contribution in [1.82, 2.24) is 4.90 Å². The van der Waals surface area contributed by atoms with Gasteiger partial charge in [-0.25, -0.2) is 0 Å². The van der Waals surface area contributed by atoms with Crippen LogP contribution in [-0.2, 0) is 9.53 Å². The quantitative estimate of drug-likeness (QED) is 0.622. The minimum absolute atomic E-state index is 0.245. The van der Waals surface area contributed by atoms with Crippen molar-refractivity contribution in [3.05, 3.63) is 0 Å². The highest BCUT2D eigenvalue weighted by molar-refractivity contribution is 5.81. The highest BCUT2D eigenvalue weighted by Crippen LogP contribution is 2.28. The fraction of sp³-hybridized carbons (Fsp3) is 0.889. The molecule has 2 N–H and O–H groups in total. The standard InChI is InChI=1S/C9H18N2O2/c1-4-9(10,8(12)13-3)7-5-11(2)6-7/h7H,4-6,10H2,1-3H3. The number of hydrogen-bond donors (Lipinski definition) is 1. The number of nitrogens with two attached hydrogens (primary N) is 1. The van der Waals surface area contributed by atoms with Gasteiger partial charge in [0.15, 0.2) is 0 Å². The van der Waals surface area contributed by atoms with Crippen molar-refractivity contribution in [2.24, 2.45) is 11.7 Å². The second-order valence-corrected chi connectivity index (χ2v) is 3.80. The molecule has 1 fully saturated rings. The van der Waals surface area contributed by atoms with Gasteiger partial charge in [-0.3, -0.25) is 4.79 Å². The van der Waals surface area contributed by atoms with Crippen LogP contribution in [0.25, 0.3) is 0 Å². The first-order valence-electron chi connectivity index (χ1n) is 4.60. The Morgan fingerprint density at radius 3 is 2.54 bits per heavy atom. The molecule has 13 heavy (non-hydrogen) atoms. The first-order chi connectivity index (χ1) is 6.04. The van der Waals surface area contributed by atoms with Crippen LogP contribution in [0.2, 0.25) is 0 Å². The SMILES string of the molecule is CCC(N)(C(=O)OC)C1CN(C)C1. The summed E-state index contributed by atoms with van der Waals surface area (Å²) in [6.07, 6.45) is 0.637. The maximum atomic E-state index is 11.4. The van der Waals surface area contributed by atoms with Crippen LogP contribution in [0.5, 0.6) is 0 Å². The fourth-order valence-electron chi connectivity index (χ4n) is 1.81. The van der Waals surface area contributed by atoms with Crippen LogP contribution in [-0.4, -0.2) is 43.7 Å². The Morgan fingerprint density at radius 2 is 2.23 bits per heavy atom. The Kier molecular flexibility index (Phi) is 2.93. The Balaban J connectivity index is 2.64. The van der Waals surface area contributed by atoms with Crippen molar-refractivity contribution in [3.8, 4) is 0 Å². The lowest BCUT2D eigenvalue weighted by Crippen LogP contribution is -2.64. The van der Waals surface area contributed by atoms with E-state index in [4.69, 9.17) is 10.5 Å². The van der Waals surface area contributed by atoms with Gasteiger partial charge < -0.3 is 15.4 Å². The molecular formula is C9H18N2O2. The van der Waals surface area contributed by atoms with Crippen molar-refractivity contribution >= 4 is 5.97 Å². The molecular weight excluding hydrogens is 168 g/mol. The number of likely N-dealkylation sites (tertiary alicyclic amines) is 1. The number of carbonyl (C=O) groups excluding carboxylic acids is 1. The summed E-state index contributed by atoms with van der Waals surface area (Å²) >= 11 is 0. The summed E-state index contributed by atoms with van der Waals surface area (Å²) in [5.74, 6) is -0.0388. The summed E-state index contributed by atoms with van der Waals surface area (Å²) < 4.78 is 4.72. The lowest BCUT2D eigenvalue weighted by atomic mass is 9.78. The number of ether oxygens (including phenoxy) is 1. The molecule has 1 unspecified atom stereocenters. The predicted octanol–water partition coefficient (Wildman–Crippen LogP) is -0.171. The van der Waals surface area contributed by atoms with Crippen LogP contribution < -0.4 is 5.73 Å². The number of hydrogen-bond acceptors (Lipinski definition) is 4. The third-order valence-corrected chi connectivity index (χ3v) is 2.94. The molecule has 1 rings (SSSR count). The van der Waals surface area contributed by atoms with Crippen molar-refractivity contribution in [3.63, 3.8) is 0 Å². The van der Waals surface area contributed by atoms with Crippen LogP contribution in [0.4, 0.5) is 0 Å². The Morgan fingerprint density at radius 1 is 1.69 bits per heavy atom. The van der Waals surface area contributed by atoms with E-state index < -0.39 is 5.54 Å². The summed E-state index contributed by atoms with van der Waals surface area (Å²) in [5, 5.41) is 0. The van der Waals surface area contributed by atoms with Crippen molar-refractivity contribution in [2.45, 2.75) is 18.9 Å². The third-order valence-electron chi connectivity index (χ3n) is 2.94. The molecule has 76 valence electrons. The van der Waals surface area contributed by atoms with Gasteiger partial charge in [-0.2, -0.15) is 0 Å². The second-order valence-electron chi connectivity index (χ2n) is 3.80. The van der Waals surface area contributed by atoms with Crippen molar-refractivity contribution in [2.75, 3.05) is 27.2 Å². The van der Waals surface area contributed by atoms with Crippen LogP contribution in [0.3, 0.4) is 0 Å². The molecule has 0 aromatic heterocycles. The molecule has 4 heteroatoms. The summed E-state index contributed by atoms with van der Waals surface area (Å²) in [7, 11) is 3.41. The van der Waals surface area contributed by atoms with Gasteiger partial charge in [-0.1, -0.05) is 6.92 Å². The summed E-state index contributed by atoms with van der Waals surface area (Å²) in [5.41, 5.74) is 5.24. The molecule has 0 aromatic rings. The van der Waals surface area contributed by atoms with E-state index in [1.807, 2.05) is 14.0 Å². The second kappa shape index (κ2) is 3.64. The maximum Gasteiger partial charge on any atom is 0.326 e. The zero-order valence-electron chi connectivity index (χ0n) is 8.54. The molecule has 0 amide bonds. The maximum absolute atomic E-state index is 11.4. The number of esters is 1. The van der Waals surface area contributed by atoms with Gasteiger partial charge >= 0.3 is 5.97 Å². The molecule has 1 saturated heterocycles. The summed E-state index contributed by atoms with van der Waals surface area (Å²) in [6.45, 7) is 3.70. The molecule has 0 aromatic carbocycles. The molecule has 4 nitrogen and oxygen atoms in total. The smallest absolute Gasteiger partial charge is 0.326 e. The molecule has 0 aliphatic carbocycles. The van der Waals surface area contributed by atoms with Crippen LogP contribution in [0.15, 0.2) is 0 Å². The van der Waals surface area contributed by atoms with Crippen molar-refractivity contribution < 1.29 is 9.53 Å². The normalized spacial score (nSPS) is 23.4. The van der Waals surface area contributed by atoms with Gasteiger partial charge in [0.2, 0.25) is 0 Å². The molecule has 0 saturated carbocycles. The van der Waals surface area contributed by atoms with E-state index in [2.05, 4.69) is 4.90 Å². The number of carbonyl (C=O) groups is 1. The first kappa shape index (κ1) is 10.5. The average molecular weight is 186 g/mol. The minimum Gasteiger partial charge on any atom is -0.468 e. The van der Waals surface area contributed by atoms with E-state index in [9.17, 15) is 4.79 Å². The number of nitrogens with zero attached hydrogens (tertiary/aromatic N) is 1. The number of methoxy groups -OCH3 is 1. The van der Waals surface area contributed by atoms with E-state index in [0.717, 1.165) is 13.1 Å². The number of rotatable bonds is 3. The Labute approximate surface area is 79.0 Å². The zero-order valence-corrected chi connectivity index (χ0v) is 8.54. The zero-order chi connectivity index (χ0) is 10.1. The molecule has 1 aliphatic heterocycles. The van der Waals surface area contributed by atoms with E-state index in [0.29, 0.717) is 6.42 Å². The Hall–Kier alpha value is -0.610. The molecule has 1 heterocycles. The predicted molar refractivity (Wildman–Crippen MR) is 50.2 cm³/mol. The minimum atomic E-state index is -0.777. The fourth-order valence-corrected chi connectivity index (χ4v) is 1.81. The third kappa shape index (κ3) is 1.69. The Bertz CT molecular complexity index is 202. The monoisotopic (exact) mass is 186 g/mol. The van der Waals surface area contributed by atoms with E-state index in [1.54, 1.807) is 0 Å². The van der Waals surface area contributed by atoms with Gasteiger partial charge in [0.05, 0.1) is 7.11 Å². The lowest BCUT2D eigenvalue weighted by Gasteiger charge is -2.45.